The van der Waals surface area contributed by atoms with Crippen LogP contribution < -0.4 is 5.73 Å². The van der Waals surface area contributed by atoms with Gasteiger partial charge < -0.3 is 10.6 Å². The number of hydrogen-bond donors (Lipinski definition) is 1. The Labute approximate surface area is 96.2 Å². The second-order valence-corrected chi connectivity index (χ2v) is 5.46. The normalized spacial score (nSPS) is 14.2. The molecule has 0 saturated carbocycles. The van der Waals surface area contributed by atoms with Crippen molar-refractivity contribution in [2.24, 2.45) is 11.7 Å². The lowest BCUT2D eigenvalue weighted by Crippen LogP contribution is -2.35. The Morgan fingerprint density at radius 1 is 1.00 bits per heavy atom. The lowest BCUT2D eigenvalue weighted by molar-refractivity contribution is 0.193. The first kappa shape index (κ1) is 14.9. The summed E-state index contributed by atoms with van der Waals surface area (Å²) in [5.74, 6) is 0.765. The van der Waals surface area contributed by atoms with E-state index in [-0.39, 0.29) is 0 Å². The van der Waals surface area contributed by atoms with Gasteiger partial charge in [0.1, 0.15) is 0 Å². The highest BCUT2D eigenvalue weighted by Gasteiger charge is 2.10. The van der Waals surface area contributed by atoms with Crippen LogP contribution in [-0.2, 0) is 0 Å². The quantitative estimate of drug-likeness (QED) is 0.630. The van der Waals surface area contributed by atoms with Crippen molar-refractivity contribution < 1.29 is 0 Å². The second kappa shape index (κ2) is 8.12. The SMILES string of the molecule is CC(C)CN(CCCCC(C)N)C(C)C. The molecule has 1 unspecified atom stereocenters. The molecule has 0 heterocycles. The maximum absolute atomic E-state index is 5.74. The fraction of sp³-hybridized carbons (Fsp3) is 1.00. The van der Waals surface area contributed by atoms with Crippen molar-refractivity contribution >= 4 is 0 Å². The van der Waals surface area contributed by atoms with E-state index >= 15 is 0 Å². The summed E-state index contributed by atoms with van der Waals surface area (Å²) in [5, 5.41) is 0. The molecule has 0 fully saturated rings. The molecule has 15 heavy (non-hydrogen) atoms. The summed E-state index contributed by atoms with van der Waals surface area (Å²) in [4.78, 5) is 2.58. The smallest absolute Gasteiger partial charge is 0.00387 e. The minimum absolute atomic E-state index is 0.364. The Bertz CT molecular complexity index is 141. The Kier molecular flexibility index (Phi) is 8.07. The Morgan fingerprint density at radius 2 is 1.60 bits per heavy atom. The van der Waals surface area contributed by atoms with Gasteiger partial charge in [-0.05, 0) is 46.1 Å². The molecule has 0 rings (SSSR count). The van der Waals surface area contributed by atoms with Crippen LogP contribution in [0.25, 0.3) is 0 Å². The number of nitrogens with zero attached hydrogens (tertiary/aromatic N) is 1. The van der Waals surface area contributed by atoms with Crippen molar-refractivity contribution in [1.29, 1.82) is 0 Å². The van der Waals surface area contributed by atoms with Crippen LogP contribution in [0.4, 0.5) is 0 Å². The predicted octanol–water partition coefficient (Wildman–Crippen LogP) is 2.87. The van der Waals surface area contributed by atoms with Crippen LogP contribution in [0.3, 0.4) is 0 Å². The number of rotatable bonds is 8. The summed E-state index contributed by atoms with van der Waals surface area (Å²) < 4.78 is 0. The van der Waals surface area contributed by atoms with E-state index < -0.39 is 0 Å². The standard InChI is InChI=1S/C13H30N2/c1-11(2)10-15(12(3)4)9-7-6-8-13(5)14/h11-13H,6-10,14H2,1-5H3. The molecular weight excluding hydrogens is 184 g/mol. The van der Waals surface area contributed by atoms with E-state index in [1.165, 1.54) is 25.9 Å². The average Bonchev–Trinajstić information content (AvgIpc) is 2.08. The van der Waals surface area contributed by atoms with Gasteiger partial charge in [-0.3, -0.25) is 0 Å². The summed E-state index contributed by atoms with van der Waals surface area (Å²) in [6.45, 7) is 13.7. The van der Waals surface area contributed by atoms with Gasteiger partial charge >= 0.3 is 0 Å². The highest BCUT2D eigenvalue weighted by Crippen LogP contribution is 2.07. The molecule has 0 aliphatic carbocycles. The first-order valence-electron chi connectivity index (χ1n) is 6.43. The summed E-state index contributed by atoms with van der Waals surface area (Å²) in [5.41, 5.74) is 5.74. The first-order chi connectivity index (χ1) is 6.93. The molecule has 0 aliphatic rings. The van der Waals surface area contributed by atoms with E-state index in [2.05, 4.69) is 39.5 Å². The minimum atomic E-state index is 0.364. The van der Waals surface area contributed by atoms with E-state index in [1.54, 1.807) is 0 Å². The molecule has 2 heteroatoms. The van der Waals surface area contributed by atoms with Gasteiger partial charge in [-0.1, -0.05) is 20.3 Å². The van der Waals surface area contributed by atoms with Gasteiger partial charge in [0.25, 0.3) is 0 Å². The third-order valence-corrected chi connectivity index (χ3v) is 2.68. The van der Waals surface area contributed by atoms with Crippen molar-refractivity contribution in [1.82, 2.24) is 4.90 Å². The fourth-order valence-corrected chi connectivity index (χ4v) is 1.81. The van der Waals surface area contributed by atoms with Gasteiger partial charge in [0, 0.05) is 18.6 Å². The van der Waals surface area contributed by atoms with Crippen LogP contribution in [0.5, 0.6) is 0 Å². The number of hydrogen-bond acceptors (Lipinski definition) is 2. The lowest BCUT2D eigenvalue weighted by atomic mass is 10.1. The molecule has 0 aromatic carbocycles. The van der Waals surface area contributed by atoms with Crippen molar-refractivity contribution in [3.8, 4) is 0 Å². The Balaban J connectivity index is 3.67. The molecule has 0 aromatic rings. The Hall–Kier alpha value is -0.0800. The molecule has 0 bridgehead atoms. The maximum atomic E-state index is 5.74. The monoisotopic (exact) mass is 214 g/mol. The van der Waals surface area contributed by atoms with Gasteiger partial charge in [0.05, 0.1) is 0 Å². The minimum Gasteiger partial charge on any atom is -0.328 e. The van der Waals surface area contributed by atoms with Gasteiger partial charge in [0.15, 0.2) is 0 Å². The zero-order valence-electron chi connectivity index (χ0n) is 11.3. The predicted molar refractivity (Wildman–Crippen MR) is 69.0 cm³/mol. The zero-order valence-corrected chi connectivity index (χ0v) is 11.3. The maximum Gasteiger partial charge on any atom is 0.00387 e. The fourth-order valence-electron chi connectivity index (χ4n) is 1.81. The molecule has 2 N–H and O–H groups in total. The summed E-state index contributed by atoms with van der Waals surface area (Å²) in [6.07, 6.45) is 3.71. The van der Waals surface area contributed by atoms with E-state index in [4.69, 9.17) is 5.73 Å². The third-order valence-electron chi connectivity index (χ3n) is 2.68. The largest absolute Gasteiger partial charge is 0.328 e. The van der Waals surface area contributed by atoms with Crippen molar-refractivity contribution in [2.45, 2.75) is 66.0 Å². The molecular formula is C13H30N2. The van der Waals surface area contributed by atoms with Gasteiger partial charge in [-0.2, -0.15) is 0 Å². The second-order valence-electron chi connectivity index (χ2n) is 5.46. The van der Waals surface area contributed by atoms with Crippen LogP contribution in [0.2, 0.25) is 0 Å². The van der Waals surface area contributed by atoms with Crippen LogP contribution in [0.15, 0.2) is 0 Å². The van der Waals surface area contributed by atoms with Crippen LogP contribution in [-0.4, -0.2) is 30.1 Å². The van der Waals surface area contributed by atoms with E-state index in [1.807, 2.05) is 0 Å². The van der Waals surface area contributed by atoms with Gasteiger partial charge in [-0.25, -0.2) is 0 Å². The highest BCUT2D eigenvalue weighted by atomic mass is 15.1. The molecule has 0 saturated heterocycles. The lowest BCUT2D eigenvalue weighted by Gasteiger charge is -2.28. The van der Waals surface area contributed by atoms with E-state index in [9.17, 15) is 0 Å². The van der Waals surface area contributed by atoms with Crippen LogP contribution >= 0.6 is 0 Å². The van der Waals surface area contributed by atoms with Crippen LogP contribution in [0, 0.1) is 5.92 Å². The molecule has 0 spiro atoms. The number of unbranched alkanes of at least 4 members (excludes halogenated alkanes) is 1. The molecule has 92 valence electrons. The van der Waals surface area contributed by atoms with Gasteiger partial charge in [0.2, 0.25) is 0 Å². The van der Waals surface area contributed by atoms with Crippen molar-refractivity contribution in [3.63, 3.8) is 0 Å². The summed E-state index contributed by atoms with van der Waals surface area (Å²) in [6, 6.07) is 1.03. The first-order valence-corrected chi connectivity index (χ1v) is 6.43. The Morgan fingerprint density at radius 3 is 2.00 bits per heavy atom. The van der Waals surface area contributed by atoms with E-state index in [0.717, 1.165) is 12.3 Å². The zero-order chi connectivity index (χ0) is 11.8. The van der Waals surface area contributed by atoms with Crippen molar-refractivity contribution in [3.05, 3.63) is 0 Å². The third kappa shape index (κ3) is 8.88. The average molecular weight is 214 g/mol. The molecule has 0 aromatic heterocycles. The highest BCUT2D eigenvalue weighted by molar-refractivity contribution is 4.65. The molecule has 0 radical (unpaired) electrons. The van der Waals surface area contributed by atoms with Crippen molar-refractivity contribution in [2.75, 3.05) is 13.1 Å². The number of nitrogens with two attached hydrogens (primary N) is 1. The van der Waals surface area contributed by atoms with Gasteiger partial charge in [-0.15, -0.1) is 0 Å². The van der Waals surface area contributed by atoms with E-state index in [0.29, 0.717) is 12.1 Å². The van der Waals surface area contributed by atoms with Crippen LogP contribution in [0.1, 0.15) is 53.9 Å². The molecule has 0 aliphatic heterocycles. The summed E-state index contributed by atoms with van der Waals surface area (Å²) in [7, 11) is 0. The molecule has 1 atom stereocenters. The summed E-state index contributed by atoms with van der Waals surface area (Å²) >= 11 is 0. The topological polar surface area (TPSA) is 29.3 Å². The molecule has 2 nitrogen and oxygen atoms in total. The molecule has 0 amide bonds.